The number of allylic oxidation sites excluding steroid dienone is 1. The Bertz CT molecular complexity index is 361. The van der Waals surface area contributed by atoms with Crippen LogP contribution in [0.4, 0.5) is 5.82 Å². The van der Waals surface area contributed by atoms with Gasteiger partial charge in [-0.15, -0.1) is 6.58 Å². The van der Waals surface area contributed by atoms with E-state index in [9.17, 15) is 4.79 Å². The molecule has 0 atom stereocenters. The lowest BCUT2D eigenvalue weighted by molar-refractivity contribution is 0.0997. The zero-order valence-electron chi connectivity index (χ0n) is 8.22. The number of hydrogen-bond donors (Lipinski definition) is 3. The average Bonchev–Trinajstić information content (AvgIpc) is 2.55. The van der Waals surface area contributed by atoms with Crippen LogP contribution in [0, 0.1) is 0 Å². The van der Waals surface area contributed by atoms with Gasteiger partial charge in [0, 0.05) is 6.54 Å². The number of aromatic amines is 1. The lowest BCUT2D eigenvalue weighted by Gasteiger charge is -2.02. The molecule has 15 heavy (non-hydrogen) atoms. The normalized spacial score (nSPS) is 9.93. The van der Waals surface area contributed by atoms with E-state index in [4.69, 9.17) is 17.3 Å². The highest BCUT2D eigenvalue weighted by atomic mass is 35.5. The number of unbranched alkanes of at least 4 members (excludes halogenated alkanes) is 1. The molecule has 0 radical (unpaired) electrons. The number of nitrogens with one attached hydrogen (secondary N) is 2. The molecule has 4 N–H and O–H groups in total. The maximum atomic E-state index is 11.0. The van der Waals surface area contributed by atoms with Crippen molar-refractivity contribution in [1.29, 1.82) is 0 Å². The van der Waals surface area contributed by atoms with Crippen LogP contribution in [0.5, 0.6) is 0 Å². The average molecular weight is 229 g/mol. The Balaban J connectivity index is 2.59. The van der Waals surface area contributed by atoms with Crippen molar-refractivity contribution in [3.63, 3.8) is 0 Å². The van der Waals surface area contributed by atoms with Crippen LogP contribution in [0.3, 0.4) is 0 Å². The van der Waals surface area contributed by atoms with E-state index in [2.05, 4.69) is 21.9 Å². The number of nitrogens with two attached hydrogens (primary N) is 1. The number of halogens is 1. The minimum atomic E-state index is -0.583. The van der Waals surface area contributed by atoms with E-state index in [-0.39, 0.29) is 11.0 Å². The van der Waals surface area contributed by atoms with Crippen molar-refractivity contribution >= 4 is 23.3 Å². The van der Waals surface area contributed by atoms with Crippen molar-refractivity contribution in [2.24, 2.45) is 5.73 Å². The minimum absolute atomic E-state index is 0.148. The summed E-state index contributed by atoms with van der Waals surface area (Å²) in [6, 6.07) is 0. The molecule has 5 nitrogen and oxygen atoms in total. The van der Waals surface area contributed by atoms with Gasteiger partial charge in [0.25, 0.3) is 5.91 Å². The Labute approximate surface area is 92.7 Å². The van der Waals surface area contributed by atoms with Gasteiger partial charge in [-0.05, 0) is 24.4 Å². The fraction of sp³-hybridized carbons (Fsp3) is 0.333. The maximum absolute atomic E-state index is 11.0. The molecule has 82 valence electrons. The number of aromatic nitrogens is 2. The summed E-state index contributed by atoms with van der Waals surface area (Å²) in [5, 5.41) is 3.12. The zero-order chi connectivity index (χ0) is 11.3. The topological polar surface area (TPSA) is 83.8 Å². The number of hydrogen-bond acceptors (Lipinski definition) is 3. The molecule has 0 saturated carbocycles. The molecule has 0 unspecified atom stereocenters. The lowest BCUT2D eigenvalue weighted by Crippen LogP contribution is -2.15. The highest BCUT2D eigenvalue weighted by Crippen LogP contribution is 2.14. The molecule has 1 heterocycles. The third-order valence-corrected chi connectivity index (χ3v) is 1.98. The summed E-state index contributed by atoms with van der Waals surface area (Å²) in [5.41, 5.74) is 5.34. The number of rotatable bonds is 6. The van der Waals surface area contributed by atoms with Gasteiger partial charge in [0.15, 0.2) is 5.82 Å². The molecule has 1 rings (SSSR count). The van der Waals surface area contributed by atoms with Crippen molar-refractivity contribution in [3.05, 3.63) is 23.6 Å². The predicted octanol–water partition coefficient (Wildman–Crippen LogP) is 1.54. The first-order valence-electron chi connectivity index (χ1n) is 4.55. The summed E-state index contributed by atoms with van der Waals surface area (Å²) < 4.78 is 0. The van der Waals surface area contributed by atoms with Gasteiger partial charge in [-0.2, -0.15) is 0 Å². The molecule has 0 aliphatic heterocycles. The van der Waals surface area contributed by atoms with E-state index in [1.165, 1.54) is 0 Å². The minimum Gasteiger partial charge on any atom is -0.368 e. The number of carbonyl (C=O) groups is 1. The number of imidazole rings is 1. The zero-order valence-corrected chi connectivity index (χ0v) is 8.97. The number of carbonyl (C=O) groups excluding carboxylic acids is 1. The second-order valence-electron chi connectivity index (χ2n) is 2.97. The first kappa shape index (κ1) is 11.6. The smallest absolute Gasteiger partial charge is 0.269 e. The summed E-state index contributed by atoms with van der Waals surface area (Å²) in [7, 11) is 0. The third kappa shape index (κ3) is 3.28. The molecule has 0 aromatic carbocycles. The highest BCUT2D eigenvalue weighted by molar-refractivity contribution is 6.28. The maximum Gasteiger partial charge on any atom is 0.269 e. The van der Waals surface area contributed by atoms with Crippen molar-refractivity contribution < 1.29 is 4.79 Å². The molecule has 1 aromatic heterocycles. The summed E-state index contributed by atoms with van der Waals surface area (Å²) >= 11 is 5.62. The second-order valence-corrected chi connectivity index (χ2v) is 3.33. The monoisotopic (exact) mass is 228 g/mol. The van der Waals surface area contributed by atoms with Crippen LogP contribution in [0.1, 0.15) is 23.3 Å². The summed E-state index contributed by atoms with van der Waals surface area (Å²) in [6.07, 6.45) is 3.64. The molecular formula is C9H13ClN4O. The van der Waals surface area contributed by atoms with E-state index < -0.39 is 5.91 Å². The standard InChI is InChI=1S/C9H13ClN4O/c1-2-3-4-5-12-8-6(7(11)15)13-9(10)14-8/h2,12H,1,3-5H2,(H2,11,15)(H,13,14). The third-order valence-electron chi connectivity index (χ3n) is 1.80. The van der Waals surface area contributed by atoms with Gasteiger partial charge in [0.1, 0.15) is 5.69 Å². The van der Waals surface area contributed by atoms with E-state index in [1.54, 1.807) is 0 Å². The fourth-order valence-electron chi connectivity index (χ4n) is 1.10. The number of anilines is 1. The van der Waals surface area contributed by atoms with Gasteiger partial charge in [-0.1, -0.05) is 6.08 Å². The van der Waals surface area contributed by atoms with Crippen molar-refractivity contribution in [1.82, 2.24) is 9.97 Å². The summed E-state index contributed by atoms with van der Waals surface area (Å²) in [6.45, 7) is 4.30. The van der Waals surface area contributed by atoms with E-state index >= 15 is 0 Å². The molecule has 0 bridgehead atoms. The van der Waals surface area contributed by atoms with Crippen molar-refractivity contribution in [3.8, 4) is 0 Å². The Kier molecular flexibility index (Phi) is 4.17. The summed E-state index contributed by atoms with van der Waals surface area (Å²) in [4.78, 5) is 17.4. The van der Waals surface area contributed by atoms with E-state index in [0.29, 0.717) is 12.4 Å². The van der Waals surface area contributed by atoms with E-state index in [1.807, 2.05) is 6.08 Å². The molecule has 1 aromatic rings. The first-order valence-corrected chi connectivity index (χ1v) is 4.93. The largest absolute Gasteiger partial charge is 0.368 e. The van der Waals surface area contributed by atoms with Crippen LogP contribution in [0.2, 0.25) is 5.28 Å². The molecule has 1 amide bonds. The van der Waals surface area contributed by atoms with Crippen molar-refractivity contribution in [2.45, 2.75) is 12.8 Å². The van der Waals surface area contributed by atoms with Crippen LogP contribution in [-0.4, -0.2) is 22.4 Å². The van der Waals surface area contributed by atoms with Gasteiger partial charge in [0.05, 0.1) is 0 Å². The van der Waals surface area contributed by atoms with Gasteiger partial charge in [-0.3, -0.25) is 4.79 Å². The van der Waals surface area contributed by atoms with Crippen LogP contribution >= 0.6 is 11.6 Å². The van der Waals surface area contributed by atoms with Crippen molar-refractivity contribution in [2.75, 3.05) is 11.9 Å². The fourth-order valence-corrected chi connectivity index (χ4v) is 1.28. The predicted molar refractivity (Wildman–Crippen MR) is 60.0 cm³/mol. The van der Waals surface area contributed by atoms with Crippen LogP contribution in [0.25, 0.3) is 0 Å². The first-order chi connectivity index (χ1) is 7.15. The number of primary amides is 1. The van der Waals surface area contributed by atoms with Crippen LogP contribution < -0.4 is 11.1 Å². The van der Waals surface area contributed by atoms with Crippen LogP contribution in [0.15, 0.2) is 12.7 Å². The van der Waals surface area contributed by atoms with E-state index in [0.717, 1.165) is 12.8 Å². The Hall–Kier alpha value is -1.49. The Morgan fingerprint density at radius 1 is 1.73 bits per heavy atom. The summed E-state index contributed by atoms with van der Waals surface area (Å²) in [5.74, 6) is -0.183. The number of nitrogens with zero attached hydrogens (tertiary/aromatic N) is 1. The highest BCUT2D eigenvalue weighted by Gasteiger charge is 2.12. The Morgan fingerprint density at radius 2 is 2.47 bits per heavy atom. The van der Waals surface area contributed by atoms with Crippen LogP contribution in [-0.2, 0) is 0 Å². The second kappa shape index (κ2) is 5.41. The molecule has 0 aliphatic rings. The SMILES string of the molecule is C=CCCCNc1nc(Cl)[nH]c1C(N)=O. The van der Waals surface area contributed by atoms with Gasteiger partial charge < -0.3 is 16.0 Å². The Morgan fingerprint density at radius 3 is 3.07 bits per heavy atom. The molecule has 0 saturated heterocycles. The molecule has 6 heteroatoms. The molecule has 0 spiro atoms. The molecular weight excluding hydrogens is 216 g/mol. The van der Waals surface area contributed by atoms with Gasteiger partial charge in [-0.25, -0.2) is 4.98 Å². The molecule has 0 fully saturated rings. The lowest BCUT2D eigenvalue weighted by atomic mass is 10.3. The molecule has 0 aliphatic carbocycles. The van der Waals surface area contributed by atoms with Gasteiger partial charge in [0.2, 0.25) is 5.28 Å². The van der Waals surface area contributed by atoms with Gasteiger partial charge >= 0.3 is 0 Å². The number of H-pyrrole nitrogens is 1. The quantitative estimate of drug-likeness (QED) is 0.510. The number of amides is 1.